The van der Waals surface area contributed by atoms with Crippen LogP contribution in [0.4, 0.5) is 4.79 Å². The van der Waals surface area contributed by atoms with Gasteiger partial charge in [-0.25, -0.2) is 4.79 Å². The maximum absolute atomic E-state index is 9.77. The predicted octanol–water partition coefficient (Wildman–Crippen LogP) is -1.57. The Hall–Kier alpha value is -0.144. The van der Waals surface area contributed by atoms with Crippen LogP contribution in [0, 0.1) is 0 Å². The molecule has 0 aliphatic carbocycles. The van der Waals surface area contributed by atoms with Crippen molar-refractivity contribution in [3.63, 3.8) is 0 Å². The van der Waals surface area contributed by atoms with Crippen molar-refractivity contribution in [3.05, 3.63) is 24.2 Å². The third kappa shape index (κ3) is 9.86. The largest absolute Gasteiger partial charge is 1.00 e. The molecule has 0 spiro atoms. The smallest absolute Gasteiger partial charge is 1.00 e. The van der Waals surface area contributed by atoms with Crippen LogP contribution in [-0.2, 0) is 0 Å². The molecule has 0 aliphatic rings. The summed E-state index contributed by atoms with van der Waals surface area (Å²) in [6, 6.07) is 3.27. The molecular formula is C6H7KO5. The Morgan fingerprint density at radius 1 is 1.58 bits per heavy atom. The fraction of sp³-hybridized carbons (Fsp3) is 0. The summed E-state index contributed by atoms with van der Waals surface area (Å²) in [6.07, 6.45) is 0.295. The van der Waals surface area contributed by atoms with Crippen molar-refractivity contribution in [2.24, 2.45) is 0 Å². The predicted molar refractivity (Wildman–Crippen MR) is 35.9 cm³/mol. The number of carbonyl (C=O) groups excluding carboxylic acids is 1. The average molecular weight is 198 g/mol. The first-order chi connectivity index (χ1) is 5.16. The standard InChI is InChI=1S/C5H4O2.CH2O3.K.H/c6-4-5-2-1-3-7-5;2-1(3)4;;/h1-4H;(H2,2,3,4);;/q;;+1;-1. The fourth-order valence-electron chi connectivity index (χ4n) is 0.358. The summed E-state index contributed by atoms with van der Waals surface area (Å²) < 4.78 is 4.61. The number of aldehydes is 1. The quantitative estimate of drug-likeness (QED) is 0.420. The average Bonchev–Trinajstić information content (AvgIpc) is 2.36. The van der Waals surface area contributed by atoms with E-state index in [9.17, 15) is 4.79 Å². The molecule has 62 valence electrons. The SMILES string of the molecule is O=C(O)O.O=Cc1ccco1.[H-].[K+]. The molecule has 0 radical (unpaired) electrons. The van der Waals surface area contributed by atoms with Gasteiger partial charge < -0.3 is 16.1 Å². The van der Waals surface area contributed by atoms with Gasteiger partial charge in [-0.1, -0.05) is 0 Å². The molecule has 0 aromatic carbocycles. The topological polar surface area (TPSA) is 87.7 Å². The van der Waals surface area contributed by atoms with Crippen LogP contribution in [0.5, 0.6) is 0 Å². The third-order valence-corrected chi connectivity index (χ3v) is 0.659. The number of furan rings is 1. The molecule has 2 N–H and O–H groups in total. The molecule has 0 saturated heterocycles. The second kappa shape index (κ2) is 8.95. The molecule has 1 aromatic rings. The summed E-state index contributed by atoms with van der Waals surface area (Å²) in [4.78, 5) is 18.3. The fourth-order valence-corrected chi connectivity index (χ4v) is 0.358. The van der Waals surface area contributed by atoms with E-state index in [1.807, 2.05) is 0 Å². The Labute approximate surface area is 112 Å². The van der Waals surface area contributed by atoms with E-state index in [-0.39, 0.29) is 52.8 Å². The van der Waals surface area contributed by atoms with Gasteiger partial charge >= 0.3 is 57.5 Å². The van der Waals surface area contributed by atoms with E-state index in [1.54, 1.807) is 12.1 Å². The first-order valence-electron chi connectivity index (χ1n) is 2.57. The maximum atomic E-state index is 9.77. The monoisotopic (exact) mass is 198 g/mol. The minimum absolute atomic E-state index is 0. The first-order valence-corrected chi connectivity index (χ1v) is 2.57. The van der Waals surface area contributed by atoms with Gasteiger partial charge in [0.2, 0.25) is 0 Å². The molecule has 0 aliphatic heterocycles. The van der Waals surface area contributed by atoms with Crippen molar-refractivity contribution >= 4 is 12.4 Å². The van der Waals surface area contributed by atoms with Gasteiger partial charge in [0.05, 0.1) is 6.26 Å². The molecule has 5 nitrogen and oxygen atoms in total. The molecule has 0 atom stereocenters. The molecule has 1 rings (SSSR count). The summed E-state index contributed by atoms with van der Waals surface area (Å²) in [7, 11) is 0. The molecule has 0 unspecified atom stereocenters. The van der Waals surface area contributed by atoms with E-state index in [4.69, 9.17) is 15.0 Å². The molecule has 0 saturated carbocycles. The van der Waals surface area contributed by atoms with Gasteiger partial charge in [0.1, 0.15) is 0 Å². The van der Waals surface area contributed by atoms with Gasteiger partial charge in [0, 0.05) is 0 Å². The number of hydrogen-bond donors (Lipinski definition) is 2. The van der Waals surface area contributed by atoms with Crippen LogP contribution in [0.25, 0.3) is 0 Å². The summed E-state index contributed by atoms with van der Waals surface area (Å²) in [5.74, 6) is 0.375. The zero-order valence-corrected chi connectivity index (χ0v) is 9.55. The van der Waals surface area contributed by atoms with E-state index < -0.39 is 6.16 Å². The van der Waals surface area contributed by atoms with Crippen molar-refractivity contribution in [2.45, 2.75) is 0 Å². The van der Waals surface area contributed by atoms with Gasteiger partial charge in [-0.3, -0.25) is 4.79 Å². The van der Waals surface area contributed by atoms with Crippen molar-refractivity contribution in [1.29, 1.82) is 0 Å². The Bertz CT molecular complexity index is 219. The van der Waals surface area contributed by atoms with E-state index in [0.717, 1.165) is 0 Å². The number of hydrogen-bond acceptors (Lipinski definition) is 3. The van der Waals surface area contributed by atoms with E-state index in [0.29, 0.717) is 12.0 Å². The second-order valence-electron chi connectivity index (χ2n) is 1.42. The summed E-state index contributed by atoms with van der Waals surface area (Å²) in [6.45, 7) is 0. The normalized spacial score (nSPS) is 7.00. The number of carbonyl (C=O) groups is 2. The minimum Gasteiger partial charge on any atom is -1.00 e. The van der Waals surface area contributed by atoms with Crippen LogP contribution in [0.1, 0.15) is 12.0 Å². The third-order valence-electron chi connectivity index (χ3n) is 0.659. The molecule has 0 fully saturated rings. The number of carboxylic acid groups (broad SMARTS) is 2. The van der Waals surface area contributed by atoms with Crippen LogP contribution < -0.4 is 51.4 Å². The molecule has 0 bridgehead atoms. The summed E-state index contributed by atoms with van der Waals surface area (Å²) in [5, 5.41) is 13.9. The van der Waals surface area contributed by atoms with E-state index in [1.165, 1.54) is 6.26 Å². The van der Waals surface area contributed by atoms with Crippen molar-refractivity contribution in [3.8, 4) is 0 Å². The minimum atomic E-state index is -1.83. The van der Waals surface area contributed by atoms with Gasteiger partial charge in [0.25, 0.3) is 0 Å². The molecule has 6 heteroatoms. The summed E-state index contributed by atoms with van der Waals surface area (Å²) in [5.41, 5.74) is 0. The Morgan fingerprint density at radius 2 is 2.08 bits per heavy atom. The van der Waals surface area contributed by atoms with Crippen LogP contribution in [0.2, 0.25) is 0 Å². The number of rotatable bonds is 1. The Morgan fingerprint density at radius 3 is 2.25 bits per heavy atom. The first kappa shape index (κ1) is 14.4. The molecule has 0 amide bonds. The van der Waals surface area contributed by atoms with Gasteiger partial charge in [-0.15, -0.1) is 0 Å². The van der Waals surface area contributed by atoms with Gasteiger partial charge in [0.15, 0.2) is 12.0 Å². The zero-order chi connectivity index (χ0) is 8.69. The van der Waals surface area contributed by atoms with Crippen LogP contribution in [0.15, 0.2) is 22.8 Å². The van der Waals surface area contributed by atoms with Gasteiger partial charge in [-0.2, -0.15) is 0 Å². The summed E-state index contributed by atoms with van der Waals surface area (Å²) >= 11 is 0. The molecule has 12 heavy (non-hydrogen) atoms. The van der Waals surface area contributed by atoms with Gasteiger partial charge in [-0.05, 0) is 12.1 Å². The van der Waals surface area contributed by atoms with Crippen LogP contribution in [-0.4, -0.2) is 22.7 Å². The van der Waals surface area contributed by atoms with Crippen LogP contribution >= 0.6 is 0 Å². The molecule has 1 aromatic heterocycles. The Balaban J connectivity index is -0.000000150. The molecule has 1 heterocycles. The van der Waals surface area contributed by atoms with E-state index >= 15 is 0 Å². The van der Waals surface area contributed by atoms with Crippen molar-refractivity contribution in [1.82, 2.24) is 0 Å². The maximum Gasteiger partial charge on any atom is 1.00 e. The van der Waals surface area contributed by atoms with Crippen molar-refractivity contribution in [2.75, 3.05) is 0 Å². The van der Waals surface area contributed by atoms with Crippen LogP contribution in [0.3, 0.4) is 0 Å². The zero-order valence-electron chi connectivity index (χ0n) is 7.43. The molecular weight excluding hydrogens is 191 g/mol. The van der Waals surface area contributed by atoms with Crippen molar-refractivity contribution < 1.29 is 77.0 Å². The van der Waals surface area contributed by atoms with E-state index in [2.05, 4.69) is 4.42 Å². The Kier molecular flexibility index (Phi) is 10.7. The second-order valence-corrected chi connectivity index (χ2v) is 1.42.